The molecule has 2 aliphatic heterocycles. The van der Waals surface area contributed by atoms with Crippen LogP contribution in [0.4, 0.5) is 0 Å². The van der Waals surface area contributed by atoms with Crippen LogP contribution in [0.1, 0.15) is 62.2 Å². The summed E-state index contributed by atoms with van der Waals surface area (Å²) in [5.74, 6) is 1.10. The van der Waals surface area contributed by atoms with Gasteiger partial charge in [-0.25, -0.2) is 0 Å². The van der Waals surface area contributed by atoms with E-state index >= 15 is 0 Å². The highest BCUT2D eigenvalue weighted by Crippen LogP contribution is 2.38. The maximum atomic E-state index is 13.0. The summed E-state index contributed by atoms with van der Waals surface area (Å²) in [6, 6.07) is 7.48. The number of carbonyl (C=O) groups is 2. The first-order chi connectivity index (χ1) is 14.5. The molecule has 0 unspecified atom stereocenters. The number of carbonyl (C=O) groups excluding carboxylic acids is 2. The molecule has 3 aliphatic rings. The van der Waals surface area contributed by atoms with Crippen LogP contribution in [0, 0.1) is 5.41 Å². The van der Waals surface area contributed by atoms with E-state index in [1.165, 1.54) is 19.3 Å². The molecule has 164 valence electrons. The molecular weight excluding hydrogens is 380 g/mol. The largest absolute Gasteiger partial charge is 0.490 e. The van der Waals surface area contributed by atoms with Crippen molar-refractivity contribution in [3.63, 3.8) is 0 Å². The van der Waals surface area contributed by atoms with Crippen LogP contribution in [-0.4, -0.2) is 67.1 Å². The Bertz CT molecular complexity index is 745. The number of nitrogens with zero attached hydrogens (tertiary/aromatic N) is 2. The Balaban J connectivity index is 1.31. The van der Waals surface area contributed by atoms with Gasteiger partial charge in [-0.05, 0) is 31.0 Å². The molecule has 0 bridgehead atoms. The zero-order chi connectivity index (χ0) is 21.0. The Hall–Kier alpha value is -2.08. The van der Waals surface area contributed by atoms with Crippen molar-refractivity contribution >= 4 is 11.8 Å². The van der Waals surface area contributed by atoms with Crippen LogP contribution in [0.25, 0.3) is 0 Å². The fraction of sp³-hybridized carbons (Fsp3) is 0.667. The first kappa shape index (κ1) is 21.2. The van der Waals surface area contributed by atoms with Gasteiger partial charge in [0.15, 0.2) is 0 Å². The molecule has 2 amide bonds. The smallest absolute Gasteiger partial charge is 0.254 e. The summed E-state index contributed by atoms with van der Waals surface area (Å²) in [6.45, 7) is 6.12. The lowest BCUT2D eigenvalue weighted by Crippen LogP contribution is -2.48. The molecule has 6 nitrogen and oxygen atoms in total. The van der Waals surface area contributed by atoms with Crippen molar-refractivity contribution in [2.45, 2.75) is 58.0 Å². The minimum Gasteiger partial charge on any atom is -0.490 e. The van der Waals surface area contributed by atoms with E-state index in [0.717, 1.165) is 44.5 Å². The Morgan fingerprint density at radius 2 is 1.70 bits per heavy atom. The second kappa shape index (κ2) is 9.38. The molecule has 2 saturated heterocycles. The van der Waals surface area contributed by atoms with Crippen LogP contribution in [-0.2, 0) is 9.53 Å². The van der Waals surface area contributed by atoms with Gasteiger partial charge in [-0.3, -0.25) is 9.59 Å². The Morgan fingerprint density at radius 1 is 1.00 bits per heavy atom. The number of rotatable bonds is 4. The molecule has 0 aromatic heterocycles. The molecular formula is C24H34N2O4. The summed E-state index contributed by atoms with van der Waals surface area (Å²) in [4.78, 5) is 29.6. The molecule has 1 aliphatic carbocycles. The number of ether oxygens (including phenoxy) is 2. The quantitative estimate of drug-likeness (QED) is 0.757. The fourth-order valence-corrected chi connectivity index (χ4v) is 4.95. The number of benzene rings is 1. The van der Waals surface area contributed by atoms with Gasteiger partial charge in [0.05, 0.1) is 13.2 Å². The van der Waals surface area contributed by atoms with Gasteiger partial charge in [-0.1, -0.05) is 32.3 Å². The molecule has 4 rings (SSSR count). The van der Waals surface area contributed by atoms with Gasteiger partial charge in [0.25, 0.3) is 5.91 Å². The summed E-state index contributed by atoms with van der Waals surface area (Å²) < 4.78 is 11.5. The van der Waals surface area contributed by atoms with Gasteiger partial charge >= 0.3 is 0 Å². The molecule has 3 fully saturated rings. The van der Waals surface area contributed by atoms with Crippen LogP contribution in [0.15, 0.2) is 24.3 Å². The zero-order valence-electron chi connectivity index (χ0n) is 18.1. The van der Waals surface area contributed by atoms with Gasteiger partial charge in [-0.2, -0.15) is 0 Å². The summed E-state index contributed by atoms with van der Waals surface area (Å²) in [5.41, 5.74) is 0.493. The topological polar surface area (TPSA) is 59.1 Å². The normalized spacial score (nSPS) is 22.6. The average molecular weight is 415 g/mol. The molecule has 0 spiro atoms. The Labute approximate surface area is 179 Å². The number of morpholine rings is 1. The minimum atomic E-state index is -0.167. The number of amides is 2. The monoisotopic (exact) mass is 414 g/mol. The van der Waals surface area contributed by atoms with Gasteiger partial charge in [0.1, 0.15) is 11.9 Å². The van der Waals surface area contributed by atoms with Gasteiger partial charge in [0.2, 0.25) is 5.91 Å². The first-order valence-corrected chi connectivity index (χ1v) is 11.5. The van der Waals surface area contributed by atoms with Gasteiger partial charge < -0.3 is 19.3 Å². The third kappa shape index (κ3) is 4.80. The third-order valence-electron chi connectivity index (χ3n) is 6.88. The summed E-state index contributed by atoms with van der Waals surface area (Å²) in [5, 5.41) is 0. The van der Waals surface area contributed by atoms with E-state index in [9.17, 15) is 9.59 Å². The van der Waals surface area contributed by atoms with Crippen LogP contribution in [0.3, 0.4) is 0 Å². The van der Waals surface area contributed by atoms with E-state index < -0.39 is 0 Å². The SMILES string of the molecule is CC1(C(=O)N2CCC(Oc3cccc(C(=O)N4CCOCC4)c3)CC2)CCCCC1. The van der Waals surface area contributed by atoms with E-state index in [1.807, 2.05) is 34.1 Å². The van der Waals surface area contributed by atoms with E-state index in [4.69, 9.17) is 9.47 Å². The molecule has 1 aromatic rings. The number of likely N-dealkylation sites (tertiary alicyclic amines) is 1. The second-order valence-electron chi connectivity index (χ2n) is 9.16. The highest BCUT2D eigenvalue weighted by atomic mass is 16.5. The highest BCUT2D eigenvalue weighted by molar-refractivity contribution is 5.94. The second-order valence-corrected chi connectivity index (χ2v) is 9.16. The van der Waals surface area contributed by atoms with E-state index in [0.29, 0.717) is 37.8 Å². The number of hydrogen-bond donors (Lipinski definition) is 0. The number of piperidine rings is 1. The molecule has 0 N–H and O–H groups in total. The standard InChI is InChI=1S/C24H34N2O4/c1-24(10-3-2-4-11-24)23(28)26-12-8-20(9-13-26)30-21-7-5-6-19(18-21)22(27)25-14-16-29-17-15-25/h5-7,18,20H,2-4,8-17H2,1H3. The van der Waals surface area contributed by atoms with Crippen molar-refractivity contribution in [1.82, 2.24) is 9.80 Å². The molecule has 6 heteroatoms. The molecule has 0 atom stereocenters. The average Bonchev–Trinajstić information content (AvgIpc) is 2.80. The lowest BCUT2D eigenvalue weighted by molar-refractivity contribution is -0.145. The zero-order valence-corrected chi connectivity index (χ0v) is 18.1. The Morgan fingerprint density at radius 3 is 2.40 bits per heavy atom. The van der Waals surface area contributed by atoms with Crippen LogP contribution in [0.2, 0.25) is 0 Å². The predicted octanol–water partition coefficient (Wildman–Crippen LogP) is 3.50. The summed E-state index contributed by atoms with van der Waals surface area (Å²) in [7, 11) is 0. The van der Waals surface area contributed by atoms with Crippen LogP contribution >= 0.6 is 0 Å². The van der Waals surface area contributed by atoms with Crippen molar-refractivity contribution in [1.29, 1.82) is 0 Å². The first-order valence-electron chi connectivity index (χ1n) is 11.5. The summed E-state index contributed by atoms with van der Waals surface area (Å²) >= 11 is 0. The molecule has 1 saturated carbocycles. The summed E-state index contributed by atoms with van der Waals surface area (Å²) in [6.07, 6.45) is 7.39. The van der Waals surface area contributed by atoms with Crippen molar-refractivity contribution < 1.29 is 19.1 Å². The van der Waals surface area contributed by atoms with E-state index in [-0.39, 0.29) is 17.4 Å². The van der Waals surface area contributed by atoms with Crippen molar-refractivity contribution in [2.24, 2.45) is 5.41 Å². The highest BCUT2D eigenvalue weighted by Gasteiger charge is 2.38. The van der Waals surface area contributed by atoms with Crippen LogP contribution < -0.4 is 4.74 Å². The lowest BCUT2D eigenvalue weighted by Gasteiger charge is -2.40. The van der Waals surface area contributed by atoms with Crippen molar-refractivity contribution in [2.75, 3.05) is 39.4 Å². The predicted molar refractivity (Wildman–Crippen MR) is 115 cm³/mol. The maximum absolute atomic E-state index is 13.0. The maximum Gasteiger partial charge on any atom is 0.254 e. The third-order valence-corrected chi connectivity index (χ3v) is 6.88. The van der Waals surface area contributed by atoms with Crippen LogP contribution in [0.5, 0.6) is 5.75 Å². The Kier molecular flexibility index (Phi) is 6.61. The molecule has 30 heavy (non-hydrogen) atoms. The lowest BCUT2D eigenvalue weighted by atomic mass is 9.74. The van der Waals surface area contributed by atoms with E-state index in [2.05, 4.69) is 6.92 Å². The number of hydrogen-bond acceptors (Lipinski definition) is 4. The fourth-order valence-electron chi connectivity index (χ4n) is 4.95. The van der Waals surface area contributed by atoms with Crippen molar-refractivity contribution in [3.8, 4) is 5.75 Å². The van der Waals surface area contributed by atoms with Crippen molar-refractivity contribution in [3.05, 3.63) is 29.8 Å². The van der Waals surface area contributed by atoms with E-state index in [1.54, 1.807) is 0 Å². The molecule has 1 aromatic carbocycles. The molecule has 2 heterocycles. The van der Waals surface area contributed by atoms with Gasteiger partial charge in [-0.15, -0.1) is 0 Å². The molecule has 0 radical (unpaired) electrons. The van der Waals surface area contributed by atoms with Gasteiger partial charge in [0, 0.05) is 50.0 Å². The minimum absolute atomic E-state index is 0.0323.